The third-order valence-electron chi connectivity index (χ3n) is 3.53. The summed E-state index contributed by atoms with van der Waals surface area (Å²) in [5, 5.41) is 3.34. The fourth-order valence-corrected chi connectivity index (χ4v) is 2.42. The summed E-state index contributed by atoms with van der Waals surface area (Å²) in [5.74, 6) is 1.05. The zero-order chi connectivity index (χ0) is 10.3. The van der Waals surface area contributed by atoms with Crippen molar-refractivity contribution < 1.29 is 4.79 Å². The molecule has 1 saturated heterocycles. The van der Waals surface area contributed by atoms with Crippen molar-refractivity contribution in [2.75, 3.05) is 0 Å². The molecule has 1 amide bonds. The van der Waals surface area contributed by atoms with Crippen LogP contribution in [0.4, 0.5) is 0 Å². The topological polar surface area (TPSA) is 32.3 Å². The van der Waals surface area contributed by atoms with Gasteiger partial charge in [-0.25, -0.2) is 0 Å². The minimum absolute atomic E-state index is 0.0150. The standard InChI is InChI=1S/C11H20N2O/c1-4-10-12-7(2)11(14)13(10)8(3)9-5-6-9/h7-10,12H,4-6H2,1-3H3. The molecule has 0 spiro atoms. The molecular formula is C11H20N2O. The minimum Gasteiger partial charge on any atom is -0.323 e. The zero-order valence-corrected chi connectivity index (χ0v) is 9.29. The van der Waals surface area contributed by atoms with Gasteiger partial charge in [0.15, 0.2) is 0 Å². The van der Waals surface area contributed by atoms with Gasteiger partial charge in [-0.15, -0.1) is 0 Å². The van der Waals surface area contributed by atoms with Crippen LogP contribution >= 0.6 is 0 Å². The van der Waals surface area contributed by atoms with E-state index in [1.807, 2.05) is 6.92 Å². The maximum atomic E-state index is 11.9. The lowest BCUT2D eigenvalue weighted by Gasteiger charge is -2.29. The van der Waals surface area contributed by atoms with Crippen LogP contribution in [0.2, 0.25) is 0 Å². The Kier molecular flexibility index (Phi) is 2.52. The van der Waals surface area contributed by atoms with Crippen molar-refractivity contribution in [1.29, 1.82) is 0 Å². The van der Waals surface area contributed by atoms with Gasteiger partial charge in [0.05, 0.1) is 12.2 Å². The summed E-state index contributed by atoms with van der Waals surface area (Å²) in [6.45, 7) is 6.29. The SMILES string of the molecule is CCC1NC(C)C(=O)N1C(C)C1CC1. The largest absolute Gasteiger partial charge is 0.323 e. The maximum absolute atomic E-state index is 11.9. The van der Waals surface area contributed by atoms with E-state index in [1.165, 1.54) is 12.8 Å². The smallest absolute Gasteiger partial charge is 0.240 e. The molecule has 1 heterocycles. The van der Waals surface area contributed by atoms with Gasteiger partial charge in [0, 0.05) is 6.04 Å². The Morgan fingerprint density at radius 3 is 2.71 bits per heavy atom. The summed E-state index contributed by atoms with van der Waals surface area (Å²) in [7, 11) is 0. The lowest BCUT2D eigenvalue weighted by molar-refractivity contribution is -0.132. The van der Waals surface area contributed by atoms with E-state index in [-0.39, 0.29) is 18.1 Å². The summed E-state index contributed by atoms with van der Waals surface area (Å²) in [6.07, 6.45) is 3.88. The predicted octanol–water partition coefficient (Wildman–Crippen LogP) is 1.34. The Morgan fingerprint density at radius 1 is 1.57 bits per heavy atom. The Labute approximate surface area is 85.8 Å². The molecule has 0 aromatic heterocycles. The first kappa shape index (κ1) is 9.97. The molecule has 1 aliphatic carbocycles. The highest BCUT2D eigenvalue weighted by Crippen LogP contribution is 2.37. The molecule has 2 fully saturated rings. The van der Waals surface area contributed by atoms with Crippen LogP contribution < -0.4 is 5.32 Å². The summed E-state index contributed by atoms with van der Waals surface area (Å²) < 4.78 is 0. The molecule has 3 heteroatoms. The van der Waals surface area contributed by atoms with Gasteiger partial charge in [-0.05, 0) is 39.0 Å². The van der Waals surface area contributed by atoms with Crippen molar-refractivity contribution in [3.8, 4) is 0 Å². The first-order chi connectivity index (χ1) is 6.65. The highest BCUT2D eigenvalue weighted by molar-refractivity contribution is 5.84. The van der Waals surface area contributed by atoms with Gasteiger partial charge in [-0.3, -0.25) is 10.1 Å². The molecule has 1 aliphatic heterocycles. The monoisotopic (exact) mass is 196 g/mol. The first-order valence-corrected chi connectivity index (χ1v) is 5.73. The number of carbonyl (C=O) groups is 1. The van der Waals surface area contributed by atoms with Gasteiger partial charge < -0.3 is 4.90 Å². The molecule has 2 rings (SSSR count). The third kappa shape index (κ3) is 1.54. The van der Waals surface area contributed by atoms with E-state index < -0.39 is 0 Å². The second kappa shape index (κ2) is 3.54. The molecule has 80 valence electrons. The van der Waals surface area contributed by atoms with Crippen molar-refractivity contribution in [2.24, 2.45) is 5.92 Å². The van der Waals surface area contributed by atoms with Crippen LogP contribution in [0.25, 0.3) is 0 Å². The quantitative estimate of drug-likeness (QED) is 0.739. The van der Waals surface area contributed by atoms with E-state index in [0.29, 0.717) is 6.04 Å². The van der Waals surface area contributed by atoms with E-state index in [9.17, 15) is 4.79 Å². The minimum atomic E-state index is 0.0150. The van der Waals surface area contributed by atoms with E-state index in [2.05, 4.69) is 24.1 Å². The highest BCUT2D eigenvalue weighted by Gasteiger charge is 2.42. The van der Waals surface area contributed by atoms with Crippen molar-refractivity contribution in [2.45, 2.75) is 58.3 Å². The number of hydrogen-bond acceptors (Lipinski definition) is 2. The third-order valence-corrected chi connectivity index (χ3v) is 3.53. The van der Waals surface area contributed by atoms with Gasteiger partial charge >= 0.3 is 0 Å². The lowest BCUT2D eigenvalue weighted by Crippen LogP contribution is -2.43. The highest BCUT2D eigenvalue weighted by atomic mass is 16.2. The predicted molar refractivity (Wildman–Crippen MR) is 55.7 cm³/mol. The number of amides is 1. The van der Waals surface area contributed by atoms with Gasteiger partial charge in [0.1, 0.15) is 0 Å². The molecule has 1 N–H and O–H groups in total. The fourth-order valence-electron chi connectivity index (χ4n) is 2.42. The molecular weight excluding hydrogens is 176 g/mol. The van der Waals surface area contributed by atoms with E-state index in [4.69, 9.17) is 0 Å². The van der Waals surface area contributed by atoms with Crippen LogP contribution in [0.15, 0.2) is 0 Å². The molecule has 0 aromatic rings. The van der Waals surface area contributed by atoms with E-state index >= 15 is 0 Å². The van der Waals surface area contributed by atoms with Crippen LogP contribution in [0.1, 0.15) is 40.0 Å². The number of rotatable bonds is 3. The Morgan fingerprint density at radius 2 is 2.21 bits per heavy atom. The summed E-state index contributed by atoms with van der Waals surface area (Å²) in [4.78, 5) is 14.0. The van der Waals surface area contributed by atoms with Crippen molar-refractivity contribution in [3.63, 3.8) is 0 Å². The molecule has 0 bridgehead atoms. The molecule has 3 unspecified atom stereocenters. The van der Waals surface area contributed by atoms with Crippen molar-refractivity contribution in [1.82, 2.24) is 10.2 Å². The average Bonchev–Trinajstić information content (AvgIpc) is 2.95. The Bertz CT molecular complexity index is 235. The van der Waals surface area contributed by atoms with Crippen LogP contribution in [-0.2, 0) is 4.79 Å². The number of nitrogens with zero attached hydrogens (tertiary/aromatic N) is 1. The molecule has 3 nitrogen and oxygen atoms in total. The van der Waals surface area contributed by atoms with Crippen LogP contribution in [0, 0.1) is 5.92 Å². The fraction of sp³-hybridized carbons (Fsp3) is 0.909. The van der Waals surface area contributed by atoms with Crippen LogP contribution in [0.5, 0.6) is 0 Å². The van der Waals surface area contributed by atoms with Crippen LogP contribution in [-0.4, -0.2) is 29.1 Å². The molecule has 0 radical (unpaired) electrons. The number of nitrogens with one attached hydrogen (secondary N) is 1. The summed E-state index contributed by atoms with van der Waals surface area (Å²) >= 11 is 0. The molecule has 1 saturated carbocycles. The van der Waals surface area contributed by atoms with Gasteiger partial charge in [0.2, 0.25) is 5.91 Å². The Balaban J connectivity index is 2.09. The molecule has 0 aromatic carbocycles. The van der Waals surface area contributed by atoms with Gasteiger partial charge in [0.25, 0.3) is 0 Å². The second-order valence-corrected chi connectivity index (χ2v) is 4.64. The lowest BCUT2D eigenvalue weighted by atomic mass is 10.1. The second-order valence-electron chi connectivity index (χ2n) is 4.64. The summed E-state index contributed by atoms with van der Waals surface area (Å²) in [6, 6.07) is 0.450. The normalized spacial score (nSPS) is 35.1. The Hall–Kier alpha value is -0.570. The van der Waals surface area contributed by atoms with Gasteiger partial charge in [-0.2, -0.15) is 0 Å². The van der Waals surface area contributed by atoms with E-state index in [0.717, 1.165) is 12.3 Å². The first-order valence-electron chi connectivity index (χ1n) is 5.73. The molecule has 14 heavy (non-hydrogen) atoms. The van der Waals surface area contributed by atoms with Gasteiger partial charge in [-0.1, -0.05) is 6.92 Å². The number of hydrogen-bond donors (Lipinski definition) is 1. The molecule has 3 atom stereocenters. The molecule has 2 aliphatic rings. The zero-order valence-electron chi connectivity index (χ0n) is 9.29. The van der Waals surface area contributed by atoms with Crippen LogP contribution in [0.3, 0.4) is 0 Å². The number of carbonyl (C=O) groups excluding carboxylic acids is 1. The summed E-state index contributed by atoms with van der Waals surface area (Å²) in [5.41, 5.74) is 0. The average molecular weight is 196 g/mol. The maximum Gasteiger partial charge on any atom is 0.240 e. The van der Waals surface area contributed by atoms with E-state index in [1.54, 1.807) is 0 Å². The van der Waals surface area contributed by atoms with Crippen molar-refractivity contribution in [3.05, 3.63) is 0 Å². The van der Waals surface area contributed by atoms with Crippen molar-refractivity contribution >= 4 is 5.91 Å².